The average Bonchev–Trinajstić information content (AvgIpc) is 2.40. The van der Waals surface area contributed by atoms with Crippen LogP contribution in [0.4, 0.5) is 0 Å². The molecule has 104 valence electrons. The van der Waals surface area contributed by atoms with E-state index in [1.807, 2.05) is 24.8 Å². The molecule has 0 aliphatic rings. The predicted octanol–water partition coefficient (Wildman–Crippen LogP) is 4.44. The zero-order valence-electron chi connectivity index (χ0n) is 11.7. The van der Waals surface area contributed by atoms with E-state index in [-0.39, 0.29) is 0 Å². The Kier molecular flexibility index (Phi) is 4.85. The van der Waals surface area contributed by atoms with Crippen LogP contribution in [-0.2, 0) is 11.5 Å². The monoisotopic (exact) mass is 286 g/mol. The lowest BCUT2D eigenvalue weighted by Crippen LogP contribution is -1.98. The third-order valence-electron chi connectivity index (χ3n) is 3.20. The first-order valence-electron chi connectivity index (χ1n) is 6.52. The summed E-state index contributed by atoms with van der Waals surface area (Å²) in [6.07, 6.45) is 0. The lowest BCUT2D eigenvalue weighted by molar-refractivity contribution is 0.0697. The van der Waals surface area contributed by atoms with Gasteiger partial charge < -0.3 is 5.11 Å². The van der Waals surface area contributed by atoms with Crippen molar-refractivity contribution in [3.63, 3.8) is 0 Å². The minimum atomic E-state index is -0.868. The normalized spacial score (nSPS) is 10.5. The topological polar surface area (TPSA) is 37.3 Å². The number of carboxylic acid groups (broad SMARTS) is 1. The zero-order chi connectivity index (χ0) is 14.5. The highest BCUT2D eigenvalue weighted by atomic mass is 32.2. The van der Waals surface area contributed by atoms with Gasteiger partial charge in [-0.1, -0.05) is 35.9 Å². The molecule has 1 N–H and O–H groups in total. The Labute approximate surface area is 123 Å². The Morgan fingerprint density at radius 3 is 2.55 bits per heavy atom. The Hall–Kier alpha value is -1.74. The van der Waals surface area contributed by atoms with Gasteiger partial charge in [0.05, 0.1) is 5.56 Å². The van der Waals surface area contributed by atoms with Crippen LogP contribution < -0.4 is 0 Å². The first kappa shape index (κ1) is 14.7. The van der Waals surface area contributed by atoms with Crippen molar-refractivity contribution in [2.24, 2.45) is 0 Å². The Balaban J connectivity index is 1.96. The third kappa shape index (κ3) is 3.87. The molecule has 0 atom stereocenters. The average molecular weight is 286 g/mol. The second kappa shape index (κ2) is 6.62. The first-order chi connectivity index (χ1) is 9.56. The minimum absolute atomic E-state index is 0.356. The van der Waals surface area contributed by atoms with Gasteiger partial charge in [0.2, 0.25) is 0 Å². The highest BCUT2D eigenvalue weighted by molar-refractivity contribution is 7.97. The fourth-order valence-corrected chi connectivity index (χ4v) is 3.13. The lowest BCUT2D eigenvalue weighted by Gasteiger charge is -2.07. The Morgan fingerprint density at radius 2 is 1.90 bits per heavy atom. The van der Waals surface area contributed by atoms with E-state index in [0.717, 1.165) is 17.1 Å². The molecule has 2 aromatic rings. The van der Waals surface area contributed by atoms with E-state index >= 15 is 0 Å². The fourth-order valence-electron chi connectivity index (χ4n) is 2.07. The van der Waals surface area contributed by atoms with Gasteiger partial charge >= 0.3 is 5.97 Å². The van der Waals surface area contributed by atoms with E-state index in [1.54, 1.807) is 12.1 Å². The van der Waals surface area contributed by atoms with Crippen molar-refractivity contribution in [1.82, 2.24) is 0 Å². The van der Waals surface area contributed by atoms with Crippen LogP contribution in [0.15, 0.2) is 42.5 Å². The summed E-state index contributed by atoms with van der Waals surface area (Å²) in [5.41, 5.74) is 5.21. The second-order valence-electron chi connectivity index (χ2n) is 4.93. The number of hydrogen-bond donors (Lipinski definition) is 1. The van der Waals surface area contributed by atoms with Crippen molar-refractivity contribution in [3.8, 4) is 0 Å². The van der Waals surface area contributed by atoms with E-state index in [4.69, 9.17) is 5.11 Å². The smallest absolute Gasteiger partial charge is 0.335 e. The molecule has 0 heterocycles. The highest BCUT2D eigenvalue weighted by Crippen LogP contribution is 2.21. The van der Waals surface area contributed by atoms with Crippen LogP contribution in [0.2, 0.25) is 0 Å². The molecule has 20 heavy (non-hydrogen) atoms. The summed E-state index contributed by atoms with van der Waals surface area (Å²) < 4.78 is 0. The molecular weight excluding hydrogens is 268 g/mol. The van der Waals surface area contributed by atoms with Gasteiger partial charge in [0.1, 0.15) is 0 Å². The van der Waals surface area contributed by atoms with Gasteiger partial charge in [0.25, 0.3) is 0 Å². The van der Waals surface area contributed by atoms with Crippen molar-refractivity contribution in [1.29, 1.82) is 0 Å². The van der Waals surface area contributed by atoms with Crippen LogP contribution in [-0.4, -0.2) is 11.1 Å². The SMILES string of the molecule is Cc1cccc(CSCc2ccc(C(=O)O)cc2C)c1. The first-order valence-corrected chi connectivity index (χ1v) is 7.68. The predicted molar refractivity (Wildman–Crippen MR) is 84.3 cm³/mol. The van der Waals surface area contributed by atoms with Crippen molar-refractivity contribution >= 4 is 17.7 Å². The molecule has 0 spiro atoms. The van der Waals surface area contributed by atoms with Crippen LogP contribution in [0.1, 0.15) is 32.6 Å². The van der Waals surface area contributed by atoms with Gasteiger partial charge in [-0.05, 0) is 42.7 Å². The quantitative estimate of drug-likeness (QED) is 0.883. The summed E-state index contributed by atoms with van der Waals surface area (Å²) in [5, 5.41) is 8.95. The van der Waals surface area contributed by atoms with Gasteiger partial charge in [0, 0.05) is 11.5 Å². The molecule has 0 radical (unpaired) electrons. The van der Waals surface area contributed by atoms with Crippen LogP contribution in [0.5, 0.6) is 0 Å². The molecule has 2 aromatic carbocycles. The summed E-state index contributed by atoms with van der Waals surface area (Å²) in [5.74, 6) is 1.01. The molecule has 2 rings (SSSR count). The number of hydrogen-bond acceptors (Lipinski definition) is 2. The molecule has 0 saturated heterocycles. The van der Waals surface area contributed by atoms with Gasteiger partial charge in [-0.2, -0.15) is 11.8 Å². The Bertz CT molecular complexity index is 620. The van der Waals surface area contributed by atoms with Crippen molar-refractivity contribution in [2.45, 2.75) is 25.4 Å². The number of carbonyl (C=O) groups is 1. The van der Waals surface area contributed by atoms with E-state index in [1.165, 1.54) is 16.7 Å². The van der Waals surface area contributed by atoms with Gasteiger partial charge in [-0.15, -0.1) is 0 Å². The summed E-state index contributed by atoms with van der Waals surface area (Å²) in [6.45, 7) is 4.07. The largest absolute Gasteiger partial charge is 0.478 e. The van der Waals surface area contributed by atoms with E-state index < -0.39 is 5.97 Å². The lowest BCUT2D eigenvalue weighted by atomic mass is 10.1. The number of aryl methyl sites for hydroxylation is 2. The third-order valence-corrected chi connectivity index (χ3v) is 4.25. The van der Waals surface area contributed by atoms with Gasteiger partial charge in [-0.3, -0.25) is 0 Å². The summed E-state index contributed by atoms with van der Waals surface area (Å²) >= 11 is 1.85. The van der Waals surface area contributed by atoms with E-state index in [9.17, 15) is 4.79 Å². The zero-order valence-corrected chi connectivity index (χ0v) is 12.5. The number of rotatable bonds is 5. The Morgan fingerprint density at radius 1 is 1.10 bits per heavy atom. The highest BCUT2D eigenvalue weighted by Gasteiger charge is 2.05. The molecule has 0 aromatic heterocycles. The van der Waals surface area contributed by atoms with E-state index in [0.29, 0.717) is 5.56 Å². The molecule has 0 amide bonds. The molecule has 0 unspecified atom stereocenters. The molecule has 2 nitrogen and oxygen atoms in total. The van der Waals surface area contributed by atoms with Crippen LogP contribution >= 0.6 is 11.8 Å². The van der Waals surface area contributed by atoms with Crippen LogP contribution in [0.3, 0.4) is 0 Å². The summed E-state index contributed by atoms with van der Waals surface area (Å²) in [7, 11) is 0. The maximum Gasteiger partial charge on any atom is 0.335 e. The van der Waals surface area contributed by atoms with Gasteiger partial charge in [-0.25, -0.2) is 4.79 Å². The molecule has 0 bridgehead atoms. The number of aromatic carboxylic acids is 1. The molecule has 0 fully saturated rings. The number of carboxylic acids is 1. The second-order valence-corrected chi connectivity index (χ2v) is 5.91. The summed E-state index contributed by atoms with van der Waals surface area (Å²) in [4.78, 5) is 10.9. The number of thioether (sulfide) groups is 1. The van der Waals surface area contributed by atoms with Crippen molar-refractivity contribution in [3.05, 3.63) is 70.3 Å². The van der Waals surface area contributed by atoms with Crippen molar-refractivity contribution < 1.29 is 9.90 Å². The van der Waals surface area contributed by atoms with Crippen LogP contribution in [0.25, 0.3) is 0 Å². The molecule has 3 heteroatoms. The van der Waals surface area contributed by atoms with Crippen LogP contribution in [0, 0.1) is 13.8 Å². The van der Waals surface area contributed by atoms with E-state index in [2.05, 4.69) is 31.2 Å². The molecular formula is C17H18O2S. The molecule has 0 aliphatic heterocycles. The summed E-state index contributed by atoms with van der Waals surface area (Å²) in [6, 6.07) is 13.9. The number of benzene rings is 2. The standard InChI is InChI=1S/C17H18O2S/c1-12-4-3-5-14(8-12)10-20-11-16-7-6-15(17(18)19)9-13(16)2/h3-9H,10-11H2,1-2H3,(H,18,19). The maximum absolute atomic E-state index is 10.9. The maximum atomic E-state index is 10.9. The fraction of sp³-hybridized carbons (Fsp3) is 0.235. The van der Waals surface area contributed by atoms with Crippen molar-refractivity contribution in [2.75, 3.05) is 0 Å². The molecule has 0 aliphatic carbocycles. The minimum Gasteiger partial charge on any atom is -0.478 e. The van der Waals surface area contributed by atoms with Gasteiger partial charge in [0.15, 0.2) is 0 Å². The molecule has 0 saturated carbocycles.